The fourth-order valence-electron chi connectivity index (χ4n) is 1.78. The van der Waals surface area contributed by atoms with E-state index in [9.17, 15) is 0 Å². The normalized spacial score (nSPS) is 12.9. The minimum absolute atomic E-state index is 0.0374. The second-order valence-corrected chi connectivity index (χ2v) is 3.87. The van der Waals surface area contributed by atoms with Crippen LogP contribution >= 0.6 is 0 Å². The van der Waals surface area contributed by atoms with E-state index in [1.54, 1.807) is 0 Å². The molecule has 2 aromatic carbocycles. The monoisotopic (exact) mass is 215 g/mol. The quantitative estimate of drug-likeness (QED) is 0.851. The Labute approximate surface area is 96.0 Å². The second kappa shape index (κ2) is 5.10. The van der Waals surface area contributed by atoms with Crippen LogP contribution in [0.3, 0.4) is 0 Å². The van der Waals surface area contributed by atoms with Gasteiger partial charge in [-0.2, -0.15) is 0 Å². The largest absolute Gasteiger partial charge is 0.380 e. The number of fused-ring (bicyclic) bond motifs is 1. The van der Waals surface area contributed by atoms with Gasteiger partial charge in [0.25, 0.3) is 0 Å². The molecule has 2 aromatic rings. The maximum absolute atomic E-state index is 6.05. The zero-order valence-electron chi connectivity index (χ0n) is 9.52. The van der Waals surface area contributed by atoms with Gasteiger partial charge in [0.15, 0.2) is 0 Å². The molecule has 0 aliphatic heterocycles. The lowest BCUT2D eigenvalue weighted by Crippen LogP contribution is -2.16. The van der Waals surface area contributed by atoms with Crippen LogP contribution in [0, 0.1) is 0 Å². The fourth-order valence-corrected chi connectivity index (χ4v) is 1.78. The van der Waals surface area contributed by atoms with Crippen LogP contribution in [0.4, 0.5) is 0 Å². The predicted molar refractivity (Wildman–Crippen MR) is 67.4 cm³/mol. The summed E-state index contributed by atoms with van der Waals surface area (Å²) in [5, 5.41) is 2.47. The molecule has 2 nitrogen and oxygen atoms in total. The molecular formula is C14H17NO. The maximum atomic E-state index is 6.05. The first-order chi connectivity index (χ1) is 7.81. The van der Waals surface area contributed by atoms with Crippen LogP contribution in [0.2, 0.25) is 0 Å². The van der Waals surface area contributed by atoms with Crippen LogP contribution in [-0.4, -0.2) is 13.2 Å². The summed E-state index contributed by atoms with van der Waals surface area (Å²) in [4.78, 5) is 0. The fraction of sp³-hybridized carbons (Fsp3) is 0.286. The number of ether oxygens (including phenoxy) is 1. The van der Waals surface area contributed by atoms with Crippen LogP contribution in [0.25, 0.3) is 10.8 Å². The number of nitrogens with two attached hydrogens (primary N) is 1. The Hall–Kier alpha value is -1.38. The highest BCUT2D eigenvalue weighted by Gasteiger charge is 2.06. The van der Waals surface area contributed by atoms with E-state index < -0.39 is 0 Å². The van der Waals surface area contributed by atoms with Crippen molar-refractivity contribution in [2.75, 3.05) is 13.2 Å². The Balaban J connectivity index is 2.25. The van der Waals surface area contributed by atoms with E-state index in [4.69, 9.17) is 10.5 Å². The summed E-state index contributed by atoms with van der Waals surface area (Å²) < 4.78 is 5.34. The van der Waals surface area contributed by atoms with Crippen LogP contribution in [0.1, 0.15) is 18.5 Å². The van der Waals surface area contributed by atoms with Crippen molar-refractivity contribution in [3.8, 4) is 0 Å². The Kier molecular flexibility index (Phi) is 3.54. The number of rotatable bonds is 4. The highest BCUT2D eigenvalue weighted by molar-refractivity contribution is 5.83. The van der Waals surface area contributed by atoms with Gasteiger partial charge < -0.3 is 10.5 Å². The first kappa shape index (κ1) is 11.1. The standard InChI is InChI=1S/C14H17NO/c1-2-16-10-14(15)13-8-7-11-5-3-4-6-12(11)9-13/h3-9,14H,2,10,15H2,1H3. The van der Waals surface area contributed by atoms with Gasteiger partial charge in [0.2, 0.25) is 0 Å². The molecule has 0 heterocycles. The van der Waals surface area contributed by atoms with Crippen molar-refractivity contribution in [2.45, 2.75) is 13.0 Å². The van der Waals surface area contributed by atoms with Crippen LogP contribution in [0.15, 0.2) is 42.5 Å². The summed E-state index contributed by atoms with van der Waals surface area (Å²) in [5.41, 5.74) is 7.18. The Morgan fingerprint density at radius 2 is 1.88 bits per heavy atom. The van der Waals surface area contributed by atoms with E-state index in [0.29, 0.717) is 13.2 Å². The molecule has 16 heavy (non-hydrogen) atoms. The minimum atomic E-state index is -0.0374. The van der Waals surface area contributed by atoms with E-state index in [2.05, 4.69) is 30.3 Å². The molecule has 0 aromatic heterocycles. The third-order valence-electron chi connectivity index (χ3n) is 2.70. The highest BCUT2D eigenvalue weighted by Crippen LogP contribution is 2.19. The van der Waals surface area contributed by atoms with E-state index in [-0.39, 0.29) is 6.04 Å². The first-order valence-electron chi connectivity index (χ1n) is 5.63. The summed E-state index contributed by atoms with van der Waals surface area (Å²) in [6.45, 7) is 3.27. The molecule has 0 aliphatic carbocycles. The van der Waals surface area contributed by atoms with Gasteiger partial charge in [-0.3, -0.25) is 0 Å². The summed E-state index contributed by atoms with van der Waals surface area (Å²) in [6, 6.07) is 14.6. The topological polar surface area (TPSA) is 35.2 Å². The third kappa shape index (κ3) is 2.40. The van der Waals surface area contributed by atoms with Crippen molar-refractivity contribution in [1.29, 1.82) is 0 Å². The van der Waals surface area contributed by atoms with Crippen molar-refractivity contribution in [2.24, 2.45) is 5.73 Å². The van der Waals surface area contributed by atoms with Crippen molar-refractivity contribution in [3.05, 3.63) is 48.0 Å². The van der Waals surface area contributed by atoms with Gasteiger partial charge >= 0.3 is 0 Å². The number of benzene rings is 2. The van der Waals surface area contributed by atoms with Gasteiger partial charge in [0.1, 0.15) is 0 Å². The smallest absolute Gasteiger partial charge is 0.0659 e. The maximum Gasteiger partial charge on any atom is 0.0659 e. The van der Waals surface area contributed by atoms with Crippen molar-refractivity contribution >= 4 is 10.8 Å². The minimum Gasteiger partial charge on any atom is -0.380 e. The van der Waals surface area contributed by atoms with Crippen LogP contribution in [-0.2, 0) is 4.74 Å². The third-order valence-corrected chi connectivity index (χ3v) is 2.70. The predicted octanol–water partition coefficient (Wildman–Crippen LogP) is 2.88. The van der Waals surface area contributed by atoms with Gasteiger partial charge in [0, 0.05) is 6.61 Å². The van der Waals surface area contributed by atoms with E-state index >= 15 is 0 Å². The highest BCUT2D eigenvalue weighted by atomic mass is 16.5. The van der Waals surface area contributed by atoms with E-state index in [0.717, 1.165) is 5.56 Å². The zero-order chi connectivity index (χ0) is 11.4. The SMILES string of the molecule is CCOCC(N)c1ccc2ccccc2c1. The summed E-state index contributed by atoms with van der Waals surface area (Å²) >= 11 is 0. The van der Waals surface area contributed by atoms with Gasteiger partial charge in [-0.1, -0.05) is 36.4 Å². The van der Waals surface area contributed by atoms with Gasteiger partial charge in [-0.15, -0.1) is 0 Å². The Morgan fingerprint density at radius 1 is 1.12 bits per heavy atom. The van der Waals surface area contributed by atoms with Crippen LogP contribution < -0.4 is 5.73 Å². The average molecular weight is 215 g/mol. The molecule has 0 saturated heterocycles. The van der Waals surface area contributed by atoms with Crippen LogP contribution in [0.5, 0.6) is 0 Å². The molecule has 0 amide bonds. The molecule has 0 fully saturated rings. The molecule has 2 N–H and O–H groups in total. The lowest BCUT2D eigenvalue weighted by Gasteiger charge is -2.12. The summed E-state index contributed by atoms with van der Waals surface area (Å²) in [6.07, 6.45) is 0. The van der Waals surface area contributed by atoms with E-state index in [1.807, 2.05) is 19.1 Å². The Bertz CT molecular complexity index is 467. The lowest BCUT2D eigenvalue weighted by molar-refractivity contribution is 0.133. The molecule has 0 aliphatic rings. The molecule has 2 rings (SSSR count). The molecule has 1 atom stereocenters. The lowest BCUT2D eigenvalue weighted by atomic mass is 10.0. The molecule has 84 valence electrons. The van der Waals surface area contributed by atoms with Gasteiger partial charge in [0.05, 0.1) is 12.6 Å². The van der Waals surface area contributed by atoms with Crippen molar-refractivity contribution in [3.63, 3.8) is 0 Å². The van der Waals surface area contributed by atoms with Gasteiger partial charge in [-0.25, -0.2) is 0 Å². The number of hydrogen-bond donors (Lipinski definition) is 1. The Morgan fingerprint density at radius 3 is 2.62 bits per heavy atom. The average Bonchev–Trinajstić information content (AvgIpc) is 2.35. The molecule has 0 bridgehead atoms. The zero-order valence-corrected chi connectivity index (χ0v) is 9.52. The van der Waals surface area contributed by atoms with E-state index in [1.165, 1.54) is 10.8 Å². The summed E-state index contributed by atoms with van der Waals surface area (Å²) in [5.74, 6) is 0. The number of hydrogen-bond acceptors (Lipinski definition) is 2. The summed E-state index contributed by atoms with van der Waals surface area (Å²) in [7, 11) is 0. The first-order valence-corrected chi connectivity index (χ1v) is 5.63. The molecule has 2 heteroatoms. The molecule has 0 saturated carbocycles. The molecular weight excluding hydrogens is 198 g/mol. The van der Waals surface area contributed by atoms with Crippen molar-refractivity contribution < 1.29 is 4.74 Å². The van der Waals surface area contributed by atoms with Crippen molar-refractivity contribution in [1.82, 2.24) is 0 Å². The molecule has 0 spiro atoms. The second-order valence-electron chi connectivity index (χ2n) is 3.87. The van der Waals surface area contributed by atoms with Gasteiger partial charge in [-0.05, 0) is 29.3 Å². The molecule has 0 radical (unpaired) electrons. The molecule has 1 unspecified atom stereocenters.